The molecule has 0 saturated carbocycles. The lowest BCUT2D eigenvalue weighted by Gasteiger charge is -2.40. The Kier molecular flexibility index (Phi) is 5.68. The molecule has 3 rings (SSSR count). The van der Waals surface area contributed by atoms with Crippen LogP contribution in [0.4, 0.5) is 0 Å². The fraction of sp³-hybridized carbons (Fsp3) is 0.550. The lowest BCUT2D eigenvalue weighted by Crippen LogP contribution is -2.55. The molecule has 0 aliphatic carbocycles. The average Bonchev–Trinajstić information content (AvgIpc) is 3.16. The first-order valence-electron chi connectivity index (χ1n) is 9.46. The summed E-state index contributed by atoms with van der Waals surface area (Å²) in [4.78, 5) is 38.8. The monoisotopic (exact) mass is 373 g/mol. The van der Waals surface area contributed by atoms with Gasteiger partial charge in [0.05, 0.1) is 11.7 Å². The summed E-state index contributed by atoms with van der Waals surface area (Å²) < 4.78 is 5.29. The molecule has 3 amide bonds. The van der Waals surface area contributed by atoms with E-state index in [2.05, 4.69) is 10.6 Å². The third kappa shape index (κ3) is 4.59. The van der Waals surface area contributed by atoms with E-state index in [-0.39, 0.29) is 30.2 Å². The van der Waals surface area contributed by atoms with Crippen LogP contribution < -0.4 is 10.6 Å². The molecule has 27 heavy (non-hydrogen) atoms. The zero-order valence-electron chi connectivity index (χ0n) is 15.9. The van der Waals surface area contributed by atoms with Crippen molar-refractivity contribution in [1.82, 2.24) is 15.5 Å². The van der Waals surface area contributed by atoms with Crippen LogP contribution in [0.15, 0.2) is 28.9 Å². The van der Waals surface area contributed by atoms with Gasteiger partial charge in [-0.2, -0.15) is 0 Å². The number of hydrogen-bond acceptors (Lipinski definition) is 4. The molecule has 0 radical (unpaired) electrons. The Morgan fingerprint density at radius 1 is 1.44 bits per heavy atom. The Balaban J connectivity index is 1.59. The molecule has 2 N–H and O–H groups in total. The van der Waals surface area contributed by atoms with Gasteiger partial charge in [-0.25, -0.2) is 0 Å². The summed E-state index contributed by atoms with van der Waals surface area (Å²) in [6.07, 6.45) is 5.63. The molecule has 1 aromatic rings. The highest BCUT2D eigenvalue weighted by Gasteiger charge is 2.41. The van der Waals surface area contributed by atoms with Crippen LogP contribution in [-0.4, -0.2) is 48.3 Å². The van der Waals surface area contributed by atoms with Crippen molar-refractivity contribution in [2.45, 2.75) is 45.6 Å². The van der Waals surface area contributed by atoms with Crippen molar-refractivity contribution in [2.75, 3.05) is 19.6 Å². The van der Waals surface area contributed by atoms with Crippen LogP contribution in [-0.2, 0) is 14.4 Å². The Labute approximate surface area is 159 Å². The molecule has 2 fully saturated rings. The molecule has 2 unspecified atom stereocenters. The van der Waals surface area contributed by atoms with E-state index in [1.807, 2.05) is 13.8 Å². The number of furan rings is 1. The fourth-order valence-corrected chi connectivity index (χ4v) is 3.84. The summed E-state index contributed by atoms with van der Waals surface area (Å²) >= 11 is 0. The van der Waals surface area contributed by atoms with E-state index < -0.39 is 5.41 Å². The number of carbonyl (C=O) groups is 3. The molecule has 2 saturated heterocycles. The van der Waals surface area contributed by atoms with Gasteiger partial charge in [0, 0.05) is 38.2 Å². The second kappa shape index (κ2) is 7.98. The number of hydrogen-bond donors (Lipinski definition) is 2. The predicted octanol–water partition coefficient (Wildman–Crippen LogP) is 1.71. The minimum Gasteiger partial charge on any atom is -0.465 e. The Morgan fingerprint density at radius 3 is 2.96 bits per heavy atom. The molecule has 2 aliphatic heterocycles. The van der Waals surface area contributed by atoms with Gasteiger partial charge in [0.15, 0.2) is 0 Å². The van der Waals surface area contributed by atoms with Gasteiger partial charge in [-0.15, -0.1) is 0 Å². The number of amides is 3. The third-order valence-electron chi connectivity index (χ3n) is 5.38. The zero-order chi connectivity index (χ0) is 19.4. The predicted molar refractivity (Wildman–Crippen MR) is 100 cm³/mol. The Hall–Kier alpha value is -2.57. The summed E-state index contributed by atoms with van der Waals surface area (Å²) in [6.45, 7) is 5.38. The van der Waals surface area contributed by atoms with Crippen LogP contribution in [0.5, 0.6) is 0 Å². The third-order valence-corrected chi connectivity index (χ3v) is 5.38. The largest absolute Gasteiger partial charge is 0.465 e. The highest BCUT2D eigenvalue weighted by molar-refractivity contribution is 5.94. The van der Waals surface area contributed by atoms with Crippen molar-refractivity contribution in [2.24, 2.45) is 5.41 Å². The molecule has 3 heterocycles. The van der Waals surface area contributed by atoms with Crippen molar-refractivity contribution in [3.8, 4) is 0 Å². The van der Waals surface area contributed by atoms with E-state index in [1.54, 1.807) is 23.3 Å². The molecule has 1 aromatic heterocycles. The quantitative estimate of drug-likeness (QED) is 0.786. The van der Waals surface area contributed by atoms with E-state index in [1.165, 1.54) is 6.08 Å². The lowest BCUT2D eigenvalue weighted by molar-refractivity contribution is -0.148. The second-order valence-electron chi connectivity index (χ2n) is 7.74. The number of piperidine rings is 2. The number of carbonyl (C=O) groups excluding carboxylic acids is 3. The van der Waals surface area contributed by atoms with Crippen LogP contribution in [0.1, 0.15) is 45.3 Å². The number of nitrogens with one attached hydrogen (secondary N) is 2. The van der Waals surface area contributed by atoms with E-state index in [0.717, 1.165) is 18.4 Å². The second-order valence-corrected chi connectivity index (χ2v) is 7.74. The molecule has 7 nitrogen and oxygen atoms in total. The van der Waals surface area contributed by atoms with Crippen molar-refractivity contribution >= 4 is 23.3 Å². The topological polar surface area (TPSA) is 91.7 Å². The van der Waals surface area contributed by atoms with Crippen LogP contribution in [0.25, 0.3) is 5.57 Å². The first kappa shape index (κ1) is 19.2. The van der Waals surface area contributed by atoms with E-state index >= 15 is 0 Å². The van der Waals surface area contributed by atoms with Crippen molar-refractivity contribution < 1.29 is 18.8 Å². The highest BCUT2D eigenvalue weighted by Crippen LogP contribution is 2.32. The van der Waals surface area contributed by atoms with Crippen molar-refractivity contribution in [3.05, 3.63) is 30.2 Å². The summed E-state index contributed by atoms with van der Waals surface area (Å²) in [5.41, 5.74) is 0.103. The van der Waals surface area contributed by atoms with Gasteiger partial charge in [0.25, 0.3) is 0 Å². The molecule has 2 atom stereocenters. The maximum Gasteiger partial charge on any atom is 0.244 e. The van der Waals surface area contributed by atoms with Crippen LogP contribution in [0.2, 0.25) is 0 Å². The minimum atomic E-state index is -0.649. The molecule has 0 aromatic carbocycles. The molecule has 0 spiro atoms. The van der Waals surface area contributed by atoms with Crippen LogP contribution >= 0.6 is 0 Å². The van der Waals surface area contributed by atoms with Crippen molar-refractivity contribution in [3.63, 3.8) is 0 Å². The highest BCUT2D eigenvalue weighted by atomic mass is 16.3. The number of rotatable bonds is 4. The fourth-order valence-electron chi connectivity index (χ4n) is 3.84. The minimum absolute atomic E-state index is 0.0126. The number of likely N-dealkylation sites (tertiary alicyclic amines) is 1. The molecular formula is C20H27N3O4. The van der Waals surface area contributed by atoms with Gasteiger partial charge >= 0.3 is 0 Å². The van der Waals surface area contributed by atoms with E-state index in [9.17, 15) is 14.4 Å². The summed E-state index contributed by atoms with van der Waals surface area (Å²) in [5.74, 6) is 0.414. The van der Waals surface area contributed by atoms with Gasteiger partial charge < -0.3 is 20.0 Å². The Bertz CT molecular complexity index is 740. The van der Waals surface area contributed by atoms with Crippen LogP contribution in [0.3, 0.4) is 0 Å². The SMILES string of the molecule is C/C(=C\C(=O)NC1CCCN(C(=O)C2(C)CCNC(=O)C2)C1)c1ccco1. The number of allylic oxidation sites excluding steroid dienone is 1. The van der Waals surface area contributed by atoms with Gasteiger partial charge in [-0.05, 0) is 43.9 Å². The first-order valence-corrected chi connectivity index (χ1v) is 9.46. The van der Waals surface area contributed by atoms with Gasteiger partial charge in [0.2, 0.25) is 17.7 Å². The standard InChI is InChI=1S/C20H27N3O4/c1-14(16-6-4-10-27-16)11-17(24)22-15-5-3-9-23(13-15)19(26)20(2)7-8-21-18(25)12-20/h4,6,10-11,15H,3,5,7-9,12-13H2,1-2H3,(H,21,25)(H,22,24)/b14-11+. The normalized spacial score (nSPS) is 26.4. The molecule has 7 heteroatoms. The lowest BCUT2D eigenvalue weighted by atomic mass is 9.79. The van der Waals surface area contributed by atoms with Gasteiger partial charge in [0.1, 0.15) is 5.76 Å². The maximum atomic E-state index is 13.0. The van der Waals surface area contributed by atoms with Gasteiger partial charge in [-0.3, -0.25) is 14.4 Å². The molecule has 0 bridgehead atoms. The first-order chi connectivity index (χ1) is 12.9. The molecule has 146 valence electrons. The number of nitrogens with zero attached hydrogens (tertiary/aromatic N) is 1. The zero-order valence-corrected chi connectivity index (χ0v) is 15.9. The van der Waals surface area contributed by atoms with Crippen LogP contribution in [0, 0.1) is 5.41 Å². The summed E-state index contributed by atoms with van der Waals surface area (Å²) in [6, 6.07) is 3.50. The smallest absolute Gasteiger partial charge is 0.244 e. The summed E-state index contributed by atoms with van der Waals surface area (Å²) in [5, 5.41) is 5.77. The average molecular weight is 373 g/mol. The Morgan fingerprint density at radius 2 is 2.26 bits per heavy atom. The van der Waals surface area contributed by atoms with E-state index in [0.29, 0.717) is 31.8 Å². The maximum absolute atomic E-state index is 13.0. The molecule has 2 aliphatic rings. The van der Waals surface area contributed by atoms with Crippen molar-refractivity contribution in [1.29, 1.82) is 0 Å². The molecular weight excluding hydrogens is 346 g/mol. The van der Waals surface area contributed by atoms with E-state index in [4.69, 9.17) is 4.42 Å². The van der Waals surface area contributed by atoms with Gasteiger partial charge in [-0.1, -0.05) is 6.92 Å². The summed E-state index contributed by atoms with van der Waals surface area (Å²) in [7, 11) is 0.